The Bertz CT molecular complexity index is 1280. The average molecular weight is 454 g/mol. The molecule has 4 aromatic rings. The van der Waals surface area contributed by atoms with Crippen LogP contribution in [0.4, 0.5) is 5.69 Å². The molecule has 0 atom stereocenters. The van der Waals surface area contributed by atoms with E-state index in [0.717, 1.165) is 27.3 Å². The van der Waals surface area contributed by atoms with Crippen LogP contribution in [0, 0.1) is 13.8 Å². The van der Waals surface area contributed by atoms with E-state index in [0.29, 0.717) is 29.5 Å². The Morgan fingerprint density at radius 3 is 2.74 bits per heavy atom. The molecule has 2 heterocycles. The number of rotatable bonds is 5. The zero-order valence-electron chi connectivity index (χ0n) is 17.0. The van der Waals surface area contributed by atoms with E-state index in [1.165, 1.54) is 11.3 Å². The predicted octanol–water partition coefficient (Wildman–Crippen LogP) is 4.03. The van der Waals surface area contributed by atoms with Crippen LogP contribution in [0.3, 0.4) is 0 Å². The van der Waals surface area contributed by atoms with Gasteiger partial charge in [-0.1, -0.05) is 41.4 Å². The Labute approximate surface area is 188 Å². The number of aryl methyl sites for hydroxylation is 2. The van der Waals surface area contributed by atoms with Gasteiger partial charge in [-0.2, -0.15) is 4.98 Å². The second-order valence-corrected chi connectivity index (χ2v) is 8.39. The van der Waals surface area contributed by atoms with E-state index in [9.17, 15) is 9.59 Å². The normalized spacial score (nSPS) is 10.9. The zero-order chi connectivity index (χ0) is 22.0. The lowest BCUT2D eigenvalue weighted by Gasteiger charge is -2.07. The molecule has 2 aromatic carbocycles. The number of halogens is 1. The molecule has 9 heteroatoms. The van der Waals surface area contributed by atoms with Gasteiger partial charge in [-0.05, 0) is 37.6 Å². The van der Waals surface area contributed by atoms with Crippen LogP contribution >= 0.6 is 22.9 Å². The van der Waals surface area contributed by atoms with Crippen LogP contribution in [-0.2, 0) is 16.0 Å². The number of hydrogen-bond donors (Lipinski definition) is 2. The Kier molecular flexibility index (Phi) is 6.01. The molecule has 0 aliphatic heterocycles. The highest BCUT2D eigenvalue weighted by Gasteiger charge is 2.15. The number of amides is 2. The summed E-state index contributed by atoms with van der Waals surface area (Å²) in [5.74, 6) is -0.781. The van der Waals surface area contributed by atoms with Gasteiger partial charge in [0, 0.05) is 34.6 Å². The smallest absolute Gasteiger partial charge is 0.313 e. The molecule has 31 heavy (non-hydrogen) atoms. The molecule has 0 aliphatic carbocycles. The Hall–Kier alpha value is -3.23. The summed E-state index contributed by atoms with van der Waals surface area (Å²) in [5.41, 5.74) is 4.39. The second kappa shape index (κ2) is 8.87. The fraction of sp³-hybridized carbons (Fsp3) is 0.182. The van der Waals surface area contributed by atoms with Crippen LogP contribution in [0.2, 0.25) is 5.02 Å². The summed E-state index contributed by atoms with van der Waals surface area (Å²) in [6.07, 6.45) is 0.520. The van der Waals surface area contributed by atoms with E-state index in [2.05, 4.69) is 20.7 Å². The van der Waals surface area contributed by atoms with Gasteiger partial charge in [0.05, 0.1) is 5.69 Å². The third kappa shape index (κ3) is 4.76. The zero-order valence-corrected chi connectivity index (χ0v) is 18.5. The summed E-state index contributed by atoms with van der Waals surface area (Å²) in [5, 5.41) is 12.3. The van der Waals surface area contributed by atoms with Crippen molar-refractivity contribution in [3.05, 3.63) is 69.7 Å². The third-order valence-corrected chi connectivity index (χ3v) is 6.00. The highest BCUT2D eigenvalue weighted by atomic mass is 35.5. The summed E-state index contributed by atoms with van der Waals surface area (Å²) in [4.78, 5) is 29.6. The van der Waals surface area contributed by atoms with E-state index in [4.69, 9.17) is 11.6 Å². The Morgan fingerprint density at radius 1 is 1.13 bits per heavy atom. The van der Waals surface area contributed by atoms with Gasteiger partial charge < -0.3 is 10.6 Å². The molecule has 0 saturated carbocycles. The first-order valence-corrected chi connectivity index (χ1v) is 10.9. The molecule has 4 rings (SSSR count). The monoisotopic (exact) mass is 453 g/mol. The number of carbonyl (C=O) groups is 2. The van der Waals surface area contributed by atoms with Crippen LogP contribution in [0.15, 0.2) is 47.8 Å². The van der Waals surface area contributed by atoms with Crippen molar-refractivity contribution >= 4 is 45.4 Å². The average Bonchev–Trinajstić information content (AvgIpc) is 3.32. The van der Waals surface area contributed by atoms with Gasteiger partial charge in [0.15, 0.2) is 5.82 Å². The maximum absolute atomic E-state index is 12.1. The molecular formula is C22H20ClN5O2S. The first-order valence-electron chi connectivity index (χ1n) is 9.66. The Balaban J connectivity index is 1.36. The van der Waals surface area contributed by atoms with Crippen molar-refractivity contribution in [1.82, 2.24) is 19.9 Å². The highest BCUT2D eigenvalue weighted by molar-refractivity contribution is 7.15. The van der Waals surface area contributed by atoms with Crippen molar-refractivity contribution in [3.8, 4) is 11.4 Å². The molecule has 0 spiro atoms. The van der Waals surface area contributed by atoms with Crippen LogP contribution < -0.4 is 10.6 Å². The summed E-state index contributed by atoms with van der Waals surface area (Å²) < 4.78 is 1.78. The molecule has 0 saturated heterocycles. The fourth-order valence-electron chi connectivity index (χ4n) is 3.05. The number of anilines is 1. The number of nitrogens with one attached hydrogen (secondary N) is 2. The third-order valence-electron chi connectivity index (χ3n) is 4.73. The molecule has 0 aliphatic rings. The molecule has 2 amide bonds. The van der Waals surface area contributed by atoms with Gasteiger partial charge in [0.2, 0.25) is 4.96 Å². The predicted molar refractivity (Wildman–Crippen MR) is 123 cm³/mol. The van der Waals surface area contributed by atoms with Crippen molar-refractivity contribution < 1.29 is 9.59 Å². The van der Waals surface area contributed by atoms with Crippen molar-refractivity contribution in [1.29, 1.82) is 0 Å². The van der Waals surface area contributed by atoms with E-state index in [1.54, 1.807) is 22.7 Å². The lowest BCUT2D eigenvalue weighted by Crippen LogP contribution is -2.36. The van der Waals surface area contributed by atoms with E-state index < -0.39 is 11.8 Å². The second-order valence-electron chi connectivity index (χ2n) is 7.15. The SMILES string of the molecule is Cc1cccc(-c2nc3scc(CCNC(=O)C(=O)Nc4ccc(C)c(Cl)c4)n3n2)c1. The van der Waals surface area contributed by atoms with Crippen LogP contribution in [0.1, 0.15) is 16.8 Å². The largest absolute Gasteiger partial charge is 0.347 e. The maximum atomic E-state index is 12.1. The van der Waals surface area contributed by atoms with Crippen molar-refractivity contribution in [2.45, 2.75) is 20.3 Å². The van der Waals surface area contributed by atoms with E-state index >= 15 is 0 Å². The van der Waals surface area contributed by atoms with E-state index in [-0.39, 0.29) is 0 Å². The minimum atomic E-state index is -0.738. The molecule has 7 nitrogen and oxygen atoms in total. The molecule has 0 fully saturated rings. The van der Waals surface area contributed by atoms with Crippen LogP contribution in [0.25, 0.3) is 16.3 Å². The molecule has 0 radical (unpaired) electrons. The number of fused-ring (bicyclic) bond motifs is 1. The molecular weight excluding hydrogens is 434 g/mol. The number of hydrogen-bond acceptors (Lipinski definition) is 5. The fourth-order valence-corrected chi connectivity index (χ4v) is 4.08. The van der Waals surface area contributed by atoms with Crippen LogP contribution in [0.5, 0.6) is 0 Å². The topological polar surface area (TPSA) is 88.4 Å². The minimum Gasteiger partial charge on any atom is -0.347 e. The Morgan fingerprint density at radius 2 is 1.97 bits per heavy atom. The number of nitrogens with zero attached hydrogens (tertiary/aromatic N) is 3. The molecule has 2 aromatic heterocycles. The highest BCUT2D eigenvalue weighted by Crippen LogP contribution is 2.22. The molecule has 158 valence electrons. The summed E-state index contributed by atoms with van der Waals surface area (Å²) >= 11 is 7.54. The van der Waals surface area contributed by atoms with Gasteiger partial charge in [0.25, 0.3) is 0 Å². The van der Waals surface area contributed by atoms with Gasteiger partial charge in [0.1, 0.15) is 0 Å². The van der Waals surface area contributed by atoms with Crippen molar-refractivity contribution in [2.75, 3.05) is 11.9 Å². The first kappa shape index (κ1) is 21.0. The van der Waals surface area contributed by atoms with Crippen LogP contribution in [-0.4, -0.2) is 33.0 Å². The van der Waals surface area contributed by atoms with Crippen molar-refractivity contribution in [2.24, 2.45) is 0 Å². The lowest BCUT2D eigenvalue weighted by molar-refractivity contribution is -0.136. The lowest BCUT2D eigenvalue weighted by atomic mass is 10.1. The quantitative estimate of drug-likeness (QED) is 0.446. The van der Waals surface area contributed by atoms with Gasteiger partial charge in [-0.25, -0.2) is 4.52 Å². The molecule has 0 unspecified atom stereocenters. The van der Waals surface area contributed by atoms with E-state index in [1.807, 2.05) is 43.5 Å². The van der Waals surface area contributed by atoms with Crippen molar-refractivity contribution in [3.63, 3.8) is 0 Å². The molecule has 2 N–H and O–H groups in total. The number of benzene rings is 2. The number of aromatic nitrogens is 3. The van der Waals surface area contributed by atoms with Gasteiger partial charge in [-0.3, -0.25) is 9.59 Å². The first-order chi connectivity index (χ1) is 14.9. The summed E-state index contributed by atoms with van der Waals surface area (Å²) in [7, 11) is 0. The number of thiazole rings is 1. The number of carbonyl (C=O) groups excluding carboxylic acids is 2. The summed E-state index contributed by atoms with van der Waals surface area (Å²) in [6.45, 7) is 4.19. The van der Waals surface area contributed by atoms with Gasteiger partial charge >= 0.3 is 11.8 Å². The van der Waals surface area contributed by atoms with Gasteiger partial charge in [-0.15, -0.1) is 16.4 Å². The maximum Gasteiger partial charge on any atom is 0.313 e. The summed E-state index contributed by atoms with van der Waals surface area (Å²) in [6, 6.07) is 13.1. The standard InChI is InChI=1S/C22H20ClN5O2S/c1-13-4-3-5-15(10-13)19-26-22-28(27-19)17(12-31-22)8-9-24-20(29)21(30)25-16-7-6-14(2)18(23)11-16/h3-7,10-12H,8-9H2,1-2H3,(H,24,29)(H,25,30). The minimum absolute atomic E-state index is 0.298. The molecule has 0 bridgehead atoms.